The minimum absolute atomic E-state index is 0. The molecule has 1 atom stereocenters. The summed E-state index contributed by atoms with van der Waals surface area (Å²) in [6, 6.07) is 9.59. The van der Waals surface area contributed by atoms with Crippen LogP contribution in [-0.4, -0.2) is 5.11 Å². The second kappa shape index (κ2) is 6.47. The Labute approximate surface area is 79.3 Å². The van der Waals surface area contributed by atoms with Gasteiger partial charge in [0.1, 0.15) is 0 Å². The molecule has 11 heavy (non-hydrogen) atoms. The highest BCUT2D eigenvalue weighted by Gasteiger charge is 1.95. The van der Waals surface area contributed by atoms with E-state index in [-0.39, 0.29) is 30.9 Å². The molecule has 0 saturated heterocycles. The van der Waals surface area contributed by atoms with E-state index >= 15 is 0 Å². The van der Waals surface area contributed by atoms with Gasteiger partial charge in [-0.3, -0.25) is 0 Å². The van der Waals surface area contributed by atoms with Crippen LogP contribution in [0.5, 0.6) is 0 Å². The Morgan fingerprint density at radius 1 is 1.09 bits per heavy atom. The van der Waals surface area contributed by atoms with Gasteiger partial charge in [-0.2, -0.15) is 0 Å². The zero-order valence-corrected chi connectivity index (χ0v) is 7.86. The van der Waals surface area contributed by atoms with Crippen LogP contribution in [0.15, 0.2) is 30.3 Å². The molecule has 0 heterocycles. The zero-order valence-electron chi connectivity index (χ0n) is 6.23. The Kier molecular flexibility index (Phi) is 7.85. The molecule has 1 aromatic carbocycles. The Balaban J connectivity index is 0. The molecule has 0 bridgehead atoms. The van der Waals surface area contributed by atoms with Gasteiger partial charge in [0.25, 0.3) is 0 Å². The third kappa shape index (κ3) is 4.25. The van der Waals surface area contributed by atoms with Gasteiger partial charge in [0, 0.05) is 0 Å². The first-order valence-corrected chi connectivity index (χ1v) is 3.03. The van der Waals surface area contributed by atoms with E-state index in [0.29, 0.717) is 0 Å². The maximum Gasteiger partial charge on any atom is 0.0761 e. The highest BCUT2D eigenvalue weighted by Crippen LogP contribution is 2.08. The van der Waals surface area contributed by atoms with Crippen molar-refractivity contribution in [3.8, 4) is 0 Å². The fraction of sp³-hybridized carbons (Fsp3) is 0.250. The van der Waals surface area contributed by atoms with Gasteiger partial charge < -0.3 is 5.11 Å². The monoisotopic (exact) mass is 194 g/mol. The molecule has 0 spiro atoms. The molecular weight excluding hydrogens is 183 g/mol. The molecule has 0 fully saturated rings. The number of benzene rings is 1. The summed E-state index contributed by atoms with van der Waals surface area (Å²) in [5, 5.41) is 9.02. The lowest BCUT2D eigenvalue weighted by Gasteiger charge is -2.00. The summed E-state index contributed by atoms with van der Waals surface area (Å²) in [5.74, 6) is 0. The number of aliphatic hydroxyl groups is 1. The minimum atomic E-state index is -0.341. The molecule has 0 saturated carbocycles. The molecule has 0 aliphatic rings. The van der Waals surface area contributed by atoms with Crippen LogP contribution in [-0.2, 0) is 0 Å². The maximum absolute atomic E-state index is 9.02. The Bertz CT molecular complexity index is 175. The third-order valence-electron chi connectivity index (χ3n) is 1.28. The van der Waals surface area contributed by atoms with Gasteiger partial charge in [0.15, 0.2) is 0 Å². The summed E-state index contributed by atoms with van der Waals surface area (Å²) < 4.78 is 0. The van der Waals surface area contributed by atoms with Crippen molar-refractivity contribution in [2.45, 2.75) is 13.0 Å². The van der Waals surface area contributed by atoms with Gasteiger partial charge >= 0.3 is 0 Å². The second-order valence-electron chi connectivity index (χ2n) is 2.09. The van der Waals surface area contributed by atoms with E-state index in [9.17, 15) is 0 Å². The fourth-order valence-corrected chi connectivity index (χ4v) is 0.732. The van der Waals surface area contributed by atoms with E-state index in [4.69, 9.17) is 5.11 Å². The van der Waals surface area contributed by atoms with Gasteiger partial charge in [0.2, 0.25) is 0 Å². The lowest BCUT2D eigenvalue weighted by molar-refractivity contribution is 0.199. The number of rotatable bonds is 1. The molecule has 1 aromatic rings. The largest absolute Gasteiger partial charge is 0.389 e. The van der Waals surface area contributed by atoms with Gasteiger partial charge in [-0.25, -0.2) is 0 Å². The Hall–Kier alpha value is -0.240. The predicted octanol–water partition coefficient (Wildman–Crippen LogP) is 2.58. The molecule has 0 aromatic heterocycles. The highest BCUT2D eigenvalue weighted by molar-refractivity contribution is 5.85. The molecule has 1 N–H and O–H groups in total. The predicted molar refractivity (Wildman–Crippen MR) is 51.6 cm³/mol. The van der Waals surface area contributed by atoms with E-state index in [2.05, 4.69) is 0 Å². The molecular formula is C8H12Cl2O. The van der Waals surface area contributed by atoms with E-state index in [1.807, 2.05) is 30.3 Å². The van der Waals surface area contributed by atoms with Crippen molar-refractivity contribution in [1.29, 1.82) is 0 Å². The van der Waals surface area contributed by atoms with E-state index in [1.54, 1.807) is 6.92 Å². The SMILES string of the molecule is CC(O)c1ccccc1.Cl.Cl. The Morgan fingerprint density at radius 3 is 1.82 bits per heavy atom. The van der Waals surface area contributed by atoms with Crippen molar-refractivity contribution in [2.24, 2.45) is 0 Å². The highest BCUT2D eigenvalue weighted by atomic mass is 35.5. The first-order chi connectivity index (χ1) is 4.30. The van der Waals surface area contributed by atoms with Crippen LogP contribution in [0.4, 0.5) is 0 Å². The smallest absolute Gasteiger partial charge is 0.0761 e. The maximum atomic E-state index is 9.02. The molecule has 0 aliphatic heterocycles. The van der Waals surface area contributed by atoms with E-state index in [1.165, 1.54) is 0 Å². The van der Waals surface area contributed by atoms with Crippen molar-refractivity contribution in [3.63, 3.8) is 0 Å². The van der Waals surface area contributed by atoms with Crippen molar-refractivity contribution in [3.05, 3.63) is 35.9 Å². The van der Waals surface area contributed by atoms with E-state index < -0.39 is 0 Å². The topological polar surface area (TPSA) is 20.2 Å². The van der Waals surface area contributed by atoms with Crippen molar-refractivity contribution in [2.75, 3.05) is 0 Å². The van der Waals surface area contributed by atoms with Crippen LogP contribution in [0.1, 0.15) is 18.6 Å². The van der Waals surface area contributed by atoms with Crippen LogP contribution >= 0.6 is 24.8 Å². The summed E-state index contributed by atoms with van der Waals surface area (Å²) in [6.07, 6.45) is -0.341. The molecule has 3 heteroatoms. The van der Waals surface area contributed by atoms with E-state index in [0.717, 1.165) is 5.56 Å². The molecule has 1 rings (SSSR count). The number of halogens is 2. The fourth-order valence-electron chi connectivity index (χ4n) is 0.732. The summed E-state index contributed by atoms with van der Waals surface area (Å²) in [7, 11) is 0. The quantitative estimate of drug-likeness (QED) is 0.730. The number of aliphatic hydroxyl groups excluding tert-OH is 1. The van der Waals surface area contributed by atoms with Gasteiger partial charge in [0.05, 0.1) is 6.10 Å². The molecule has 0 amide bonds. The standard InChI is InChI=1S/C8H10O.2ClH/c1-7(9)8-5-3-2-4-6-8;;/h2-7,9H,1H3;2*1H. The Morgan fingerprint density at radius 2 is 1.55 bits per heavy atom. The normalized spacial score (nSPS) is 10.7. The summed E-state index contributed by atoms with van der Waals surface area (Å²) in [4.78, 5) is 0. The summed E-state index contributed by atoms with van der Waals surface area (Å²) in [5.41, 5.74) is 0.970. The molecule has 64 valence electrons. The first-order valence-electron chi connectivity index (χ1n) is 3.03. The van der Waals surface area contributed by atoms with Crippen LogP contribution in [0.2, 0.25) is 0 Å². The van der Waals surface area contributed by atoms with Gasteiger partial charge in [-0.05, 0) is 12.5 Å². The summed E-state index contributed by atoms with van der Waals surface area (Å²) >= 11 is 0. The van der Waals surface area contributed by atoms with Crippen LogP contribution in [0.25, 0.3) is 0 Å². The van der Waals surface area contributed by atoms with Crippen molar-refractivity contribution < 1.29 is 5.11 Å². The third-order valence-corrected chi connectivity index (χ3v) is 1.28. The van der Waals surface area contributed by atoms with Crippen LogP contribution in [0.3, 0.4) is 0 Å². The number of hydrogen-bond donors (Lipinski definition) is 1. The first kappa shape index (κ1) is 13.4. The molecule has 0 radical (unpaired) electrons. The average Bonchev–Trinajstić information content (AvgIpc) is 1.90. The molecule has 0 aliphatic carbocycles. The van der Waals surface area contributed by atoms with Gasteiger partial charge in [-0.15, -0.1) is 24.8 Å². The lowest BCUT2D eigenvalue weighted by atomic mass is 10.1. The zero-order chi connectivity index (χ0) is 6.69. The second-order valence-corrected chi connectivity index (χ2v) is 2.09. The van der Waals surface area contributed by atoms with Gasteiger partial charge in [-0.1, -0.05) is 30.3 Å². The summed E-state index contributed by atoms with van der Waals surface area (Å²) in [6.45, 7) is 1.76. The minimum Gasteiger partial charge on any atom is -0.389 e. The molecule has 1 unspecified atom stereocenters. The van der Waals surface area contributed by atoms with Crippen molar-refractivity contribution >= 4 is 24.8 Å². The average molecular weight is 195 g/mol. The van der Waals surface area contributed by atoms with Crippen LogP contribution < -0.4 is 0 Å². The number of hydrogen-bond acceptors (Lipinski definition) is 1. The van der Waals surface area contributed by atoms with Crippen LogP contribution in [0, 0.1) is 0 Å². The van der Waals surface area contributed by atoms with Crippen molar-refractivity contribution in [1.82, 2.24) is 0 Å². The lowest BCUT2D eigenvalue weighted by Crippen LogP contribution is -1.87. The molecule has 1 nitrogen and oxygen atoms in total.